The highest BCUT2D eigenvalue weighted by molar-refractivity contribution is 6.04. The number of hydrogen-bond donors (Lipinski definition) is 3. The van der Waals surface area contributed by atoms with Gasteiger partial charge < -0.3 is 44.4 Å². The topological polar surface area (TPSA) is 177 Å². The van der Waals surface area contributed by atoms with Gasteiger partial charge in [0.1, 0.15) is 42.6 Å². The number of alkyl carbamates (subject to hydrolysis) is 2. The normalized spacial score (nSPS) is 20.8. The molecule has 60 heavy (non-hydrogen) atoms. The second-order valence-corrected chi connectivity index (χ2v) is 16.6. The van der Waals surface area contributed by atoms with Crippen molar-refractivity contribution >= 4 is 35.3 Å². The number of carbonyl (C=O) groups is 4. The van der Waals surface area contributed by atoms with Gasteiger partial charge >= 0.3 is 12.2 Å². The van der Waals surface area contributed by atoms with Gasteiger partial charge in [-0.15, -0.1) is 0 Å². The summed E-state index contributed by atoms with van der Waals surface area (Å²) in [7, 11) is 2.61. The zero-order valence-corrected chi connectivity index (χ0v) is 35.3. The molecule has 6 atom stereocenters. The van der Waals surface area contributed by atoms with Crippen LogP contribution in [0.1, 0.15) is 101 Å². The molecular weight excluding hydrogens is 767 g/mol. The lowest BCUT2D eigenvalue weighted by Gasteiger charge is -2.32. The van der Waals surface area contributed by atoms with E-state index in [1.807, 2.05) is 49.8 Å². The van der Waals surface area contributed by atoms with Crippen LogP contribution in [0.15, 0.2) is 41.7 Å². The highest BCUT2D eigenvalue weighted by Gasteiger charge is 2.41. The second-order valence-electron chi connectivity index (χ2n) is 16.6. The maximum absolute atomic E-state index is 13.9. The zero-order chi connectivity index (χ0) is 42.2. The molecule has 1 aromatic heterocycles. The van der Waals surface area contributed by atoms with Crippen molar-refractivity contribution in [1.29, 1.82) is 0 Å². The molecule has 3 aromatic rings. The Morgan fingerprint density at radius 1 is 0.800 bits per heavy atom. The molecule has 15 heteroatoms. The van der Waals surface area contributed by atoms with Gasteiger partial charge in [-0.3, -0.25) is 14.6 Å². The summed E-state index contributed by atoms with van der Waals surface area (Å²) in [6, 6.07) is 6.66. The monoisotopic (exact) mass is 821 g/mol. The molecule has 318 valence electrons. The number of rotatable bonds is 12. The number of likely N-dealkylation sites (tertiary alicyclic amines) is 2. The molecular formula is C45H55N7O8. The lowest BCUT2D eigenvalue weighted by molar-refractivity contribution is -0.136. The number of carbonyl (C=O) groups excluding carboxylic acids is 4. The van der Waals surface area contributed by atoms with Crippen LogP contribution in [0.5, 0.6) is 11.5 Å². The molecule has 0 unspecified atom stereocenters. The molecule has 0 aliphatic carbocycles. The van der Waals surface area contributed by atoms with E-state index in [1.54, 1.807) is 6.20 Å². The van der Waals surface area contributed by atoms with Gasteiger partial charge in [0.2, 0.25) is 11.8 Å². The van der Waals surface area contributed by atoms with Crippen LogP contribution in [0.2, 0.25) is 0 Å². The van der Waals surface area contributed by atoms with Crippen LogP contribution in [0.3, 0.4) is 0 Å². The van der Waals surface area contributed by atoms with Gasteiger partial charge in [-0.1, -0.05) is 40.5 Å². The molecule has 2 fully saturated rings. The number of allylic oxidation sites excluding steroid dienone is 1. The Morgan fingerprint density at radius 2 is 1.33 bits per heavy atom. The number of nitrogens with zero attached hydrogens (tertiary/aromatic N) is 4. The molecule has 8 rings (SSSR count). The van der Waals surface area contributed by atoms with Crippen molar-refractivity contribution in [2.75, 3.05) is 27.3 Å². The van der Waals surface area contributed by atoms with E-state index in [0.29, 0.717) is 38.5 Å². The quantitative estimate of drug-likeness (QED) is 0.175. The predicted molar refractivity (Wildman–Crippen MR) is 224 cm³/mol. The van der Waals surface area contributed by atoms with Crippen molar-refractivity contribution in [3.63, 3.8) is 0 Å². The van der Waals surface area contributed by atoms with Gasteiger partial charge in [-0.05, 0) is 72.9 Å². The molecule has 5 aliphatic rings. The molecule has 2 aromatic carbocycles. The number of aliphatic imine (C=N–C) groups is 1. The number of aromatic amines is 1. The number of aromatic nitrogens is 2. The molecule has 0 radical (unpaired) electrons. The van der Waals surface area contributed by atoms with Gasteiger partial charge in [0, 0.05) is 59.2 Å². The minimum absolute atomic E-state index is 0.0541. The summed E-state index contributed by atoms with van der Waals surface area (Å²) >= 11 is 0. The van der Waals surface area contributed by atoms with E-state index >= 15 is 0 Å². The predicted octanol–water partition coefficient (Wildman–Crippen LogP) is 6.91. The lowest BCUT2D eigenvalue weighted by atomic mass is 9.86. The van der Waals surface area contributed by atoms with Crippen molar-refractivity contribution < 1.29 is 38.1 Å². The van der Waals surface area contributed by atoms with Gasteiger partial charge in [0.25, 0.3) is 0 Å². The summed E-state index contributed by atoms with van der Waals surface area (Å²) < 4.78 is 22.6. The highest BCUT2D eigenvalue weighted by Crippen LogP contribution is 2.51. The molecule has 5 aliphatic heterocycles. The third-order valence-corrected chi connectivity index (χ3v) is 13.1. The molecule has 2 saturated heterocycles. The Hall–Kier alpha value is -5.86. The Balaban J connectivity index is 0.982. The standard InChI is InChI=1S/C45H55N7O8/c1-7-24(3)39(49-44(55)57-5)42(53)51-13-9-11-33(51)31-17-28(20-46-31)26-15-29-22-60-36-19-27(16-30-23-59-35(18-26)37(29)38(30)36)32-21-47-41(48-32)34-12-10-14-52(34)43(54)40(25(4)8-2)50-45(56)58-6/h15-16,18-21,24-25,33-34,39-40H,7-14,17,22-23H2,1-6H3,(H,47,48)(H,49,55)(H,50,56)/t24-,25-,33-,34-,39-,40-/m0/s1. The Bertz CT molecular complexity index is 2200. The third kappa shape index (κ3) is 7.58. The van der Waals surface area contributed by atoms with Crippen LogP contribution < -0.4 is 20.1 Å². The number of nitrogens with one attached hydrogen (secondary N) is 3. The minimum atomic E-state index is -0.695. The number of methoxy groups -OCH3 is 2. The summed E-state index contributed by atoms with van der Waals surface area (Å²) in [6.45, 7) is 9.85. The largest absolute Gasteiger partial charge is 0.488 e. The summed E-state index contributed by atoms with van der Waals surface area (Å²) in [5.41, 5.74) is 8.85. The summed E-state index contributed by atoms with van der Waals surface area (Å²) in [4.78, 5) is 68.8. The van der Waals surface area contributed by atoms with Crippen LogP contribution in [0, 0.1) is 11.8 Å². The Kier molecular flexibility index (Phi) is 11.6. The van der Waals surface area contributed by atoms with Gasteiger partial charge in [-0.25, -0.2) is 14.6 Å². The van der Waals surface area contributed by atoms with E-state index in [4.69, 9.17) is 28.9 Å². The zero-order valence-electron chi connectivity index (χ0n) is 35.3. The first kappa shape index (κ1) is 40.9. The molecule has 0 saturated carbocycles. The maximum atomic E-state index is 13.9. The highest BCUT2D eigenvalue weighted by atomic mass is 16.5. The first-order chi connectivity index (χ1) is 29.0. The molecule has 3 N–H and O–H groups in total. The van der Waals surface area contributed by atoms with E-state index in [1.165, 1.54) is 14.2 Å². The van der Waals surface area contributed by atoms with Crippen molar-refractivity contribution in [3.8, 4) is 33.9 Å². The number of amides is 4. The van der Waals surface area contributed by atoms with Gasteiger partial charge in [0.15, 0.2) is 0 Å². The average molecular weight is 822 g/mol. The summed E-state index contributed by atoms with van der Waals surface area (Å²) in [5, 5.41) is 5.53. The number of hydrogen-bond acceptors (Lipinski definition) is 10. The second kappa shape index (κ2) is 17.0. The first-order valence-corrected chi connectivity index (χ1v) is 21.2. The minimum Gasteiger partial charge on any atom is -0.488 e. The SMILES string of the molecule is CC[C@H](C)[C@H](NC(=O)OC)C(=O)N1CCC[C@H]1C1=NC=C(c2cc3c4c(c2)OCc2cc(-c5cnc([C@@H]6CCCN6C(=O)[C@@H](NC(=O)OC)[C@@H](C)CC)[nH]5)cc(c2-4)OC3)C1. The van der Waals surface area contributed by atoms with Gasteiger partial charge in [0.05, 0.1) is 38.2 Å². The van der Waals surface area contributed by atoms with Crippen LogP contribution in [0.4, 0.5) is 9.59 Å². The number of imidazole rings is 1. The van der Waals surface area contributed by atoms with Crippen molar-refractivity contribution in [1.82, 2.24) is 30.4 Å². The van der Waals surface area contributed by atoms with Crippen LogP contribution in [-0.2, 0) is 32.3 Å². The van der Waals surface area contributed by atoms with E-state index in [0.717, 1.165) is 100 Å². The smallest absolute Gasteiger partial charge is 0.407 e. The van der Waals surface area contributed by atoms with E-state index < -0.39 is 24.3 Å². The van der Waals surface area contributed by atoms with Crippen LogP contribution >= 0.6 is 0 Å². The lowest BCUT2D eigenvalue weighted by Crippen LogP contribution is -2.54. The van der Waals surface area contributed by atoms with Gasteiger partial charge in [-0.2, -0.15) is 0 Å². The van der Waals surface area contributed by atoms with Crippen molar-refractivity contribution in [2.45, 2.75) is 110 Å². The molecule has 0 bridgehead atoms. The fraction of sp³-hybridized carbons (Fsp3) is 0.511. The molecule has 4 amide bonds. The van der Waals surface area contributed by atoms with Crippen LogP contribution in [0.25, 0.3) is 28.0 Å². The van der Waals surface area contributed by atoms with E-state index in [2.05, 4.69) is 33.8 Å². The molecule has 0 spiro atoms. The van der Waals surface area contributed by atoms with Crippen LogP contribution in [-0.4, -0.2) is 94.9 Å². The number of ether oxygens (including phenoxy) is 4. The first-order valence-electron chi connectivity index (χ1n) is 21.2. The Morgan fingerprint density at radius 3 is 1.90 bits per heavy atom. The van der Waals surface area contributed by atoms with Crippen molar-refractivity contribution in [2.24, 2.45) is 16.8 Å². The van der Waals surface area contributed by atoms with Crippen molar-refractivity contribution in [3.05, 3.63) is 59.2 Å². The van der Waals surface area contributed by atoms with E-state index in [9.17, 15) is 19.2 Å². The summed E-state index contributed by atoms with van der Waals surface area (Å²) in [6.07, 6.45) is 7.82. The van der Waals surface area contributed by atoms with E-state index in [-0.39, 0.29) is 35.7 Å². The average Bonchev–Trinajstić information content (AvgIpc) is 4.12. The molecule has 6 heterocycles. The summed E-state index contributed by atoms with van der Waals surface area (Å²) in [5.74, 6) is 1.92. The third-order valence-electron chi connectivity index (χ3n) is 13.1. The number of benzene rings is 2. The molecule has 15 nitrogen and oxygen atoms in total. The fourth-order valence-corrected chi connectivity index (χ4v) is 9.29. The number of H-pyrrole nitrogens is 1. The fourth-order valence-electron chi connectivity index (χ4n) is 9.29. The Labute approximate surface area is 350 Å². The maximum Gasteiger partial charge on any atom is 0.407 e.